The number of amides is 1. The molecule has 0 radical (unpaired) electrons. The van der Waals surface area contributed by atoms with Crippen LogP contribution in [0, 0.1) is 11.8 Å². The molecule has 1 aromatic rings. The van der Waals surface area contributed by atoms with Crippen molar-refractivity contribution in [2.75, 3.05) is 13.1 Å². The van der Waals surface area contributed by atoms with Gasteiger partial charge in [-0.05, 0) is 30.2 Å². The van der Waals surface area contributed by atoms with Gasteiger partial charge in [0.15, 0.2) is 0 Å². The number of rotatable bonds is 6. The van der Waals surface area contributed by atoms with Gasteiger partial charge in [0.05, 0.1) is 6.10 Å². The quantitative estimate of drug-likeness (QED) is 0.868. The number of benzene rings is 1. The third-order valence-electron chi connectivity index (χ3n) is 4.78. The highest BCUT2D eigenvalue weighted by molar-refractivity contribution is 5.76. The molecule has 1 saturated heterocycles. The van der Waals surface area contributed by atoms with Crippen molar-refractivity contribution in [1.29, 1.82) is 0 Å². The summed E-state index contributed by atoms with van der Waals surface area (Å²) in [4.78, 5) is 14.3. The lowest BCUT2D eigenvalue weighted by Crippen LogP contribution is -2.40. The molecule has 2 unspecified atom stereocenters. The van der Waals surface area contributed by atoms with Crippen molar-refractivity contribution in [3.05, 3.63) is 35.9 Å². The highest BCUT2D eigenvalue weighted by Gasteiger charge is 2.28. The van der Waals surface area contributed by atoms with Crippen LogP contribution in [0.2, 0.25) is 0 Å². The van der Waals surface area contributed by atoms with Gasteiger partial charge in [0.25, 0.3) is 0 Å². The molecule has 3 heteroatoms. The summed E-state index contributed by atoms with van der Waals surface area (Å²) in [7, 11) is 0. The lowest BCUT2D eigenvalue weighted by atomic mass is 9.87. The van der Waals surface area contributed by atoms with Crippen LogP contribution >= 0.6 is 0 Å². The van der Waals surface area contributed by atoms with E-state index in [1.165, 1.54) is 0 Å². The van der Waals surface area contributed by atoms with Gasteiger partial charge in [-0.3, -0.25) is 4.79 Å². The van der Waals surface area contributed by atoms with Gasteiger partial charge in [-0.15, -0.1) is 0 Å². The molecule has 22 heavy (non-hydrogen) atoms. The van der Waals surface area contributed by atoms with Crippen molar-refractivity contribution in [2.24, 2.45) is 11.8 Å². The van der Waals surface area contributed by atoms with E-state index in [-0.39, 0.29) is 11.8 Å². The van der Waals surface area contributed by atoms with Crippen molar-refractivity contribution in [2.45, 2.75) is 52.1 Å². The number of hydrogen-bond acceptors (Lipinski definition) is 2. The van der Waals surface area contributed by atoms with Gasteiger partial charge in [0, 0.05) is 19.5 Å². The van der Waals surface area contributed by atoms with Gasteiger partial charge in [0.1, 0.15) is 0 Å². The molecule has 1 aromatic carbocycles. The van der Waals surface area contributed by atoms with E-state index in [0.29, 0.717) is 12.3 Å². The fourth-order valence-electron chi connectivity index (χ4n) is 3.41. The van der Waals surface area contributed by atoms with Crippen molar-refractivity contribution in [3.8, 4) is 0 Å². The van der Waals surface area contributed by atoms with Crippen LogP contribution in [0.5, 0.6) is 0 Å². The summed E-state index contributed by atoms with van der Waals surface area (Å²) in [5.74, 6) is 1.03. The maximum absolute atomic E-state index is 12.3. The molecule has 1 amide bonds. The van der Waals surface area contributed by atoms with Crippen LogP contribution in [0.1, 0.15) is 57.6 Å². The Balaban J connectivity index is 1.81. The van der Waals surface area contributed by atoms with Crippen molar-refractivity contribution in [1.82, 2.24) is 4.90 Å². The minimum absolute atomic E-state index is 0.263. The van der Waals surface area contributed by atoms with Crippen LogP contribution in [-0.4, -0.2) is 29.0 Å². The van der Waals surface area contributed by atoms with Crippen LogP contribution in [0.25, 0.3) is 0 Å². The Morgan fingerprint density at radius 1 is 1.27 bits per heavy atom. The van der Waals surface area contributed by atoms with Crippen LogP contribution < -0.4 is 0 Å². The summed E-state index contributed by atoms with van der Waals surface area (Å²) in [6, 6.07) is 9.86. The molecular formula is C19H29NO2. The molecule has 0 spiro atoms. The van der Waals surface area contributed by atoms with Crippen LogP contribution in [0.15, 0.2) is 30.3 Å². The second-order valence-electron chi connectivity index (χ2n) is 6.67. The molecule has 3 nitrogen and oxygen atoms in total. The van der Waals surface area contributed by atoms with Gasteiger partial charge in [-0.1, -0.05) is 57.0 Å². The lowest BCUT2D eigenvalue weighted by molar-refractivity contribution is -0.134. The highest BCUT2D eigenvalue weighted by atomic mass is 16.3. The van der Waals surface area contributed by atoms with Crippen LogP contribution in [0.3, 0.4) is 0 Å². The Morgan fingerprint density at radius 3 is 2.50 bits per heavy atom. The minimum Gasteiger partial charge on any atom is -0.388 e. The summed E-state index contributed by atoms with van der Waals surface area (Å²) < 4.78 is 0. The van der Waals surface area contributed by atoms with Gasteiger partial charge >= 0.3 is 0 Å². The van der Waals surface area contributed by atoms with E-state index in [2.05, 4.69) is 13.8 Å². The van der Waals surface area contributed by atoms with Crippen molar-refractivity contribution in [3.63, 3.8) is 0 Å². The zero-order chi connectivity index (χ0) is 15.9. The van der Waals surface area contributed by atoms with Gasteiger partial charge in [-0.25, -0.2) is 0 Å². The van der Waals surface area contributed by atoms with Gasteiger partial charge < -0.3 is 10.0 Å². The largest absolute Gasteiger partial charge is 0.388 e. The Hall–Kier alpha value is -1.35. The summed E-state index contributed by atoms with van der Waals surface area (Å²) >= 11 is 0. The topological polar surface area (TPSA) is 40.5 Å². The van der Waals surface area contributed by atoms with Gasteiger partial charge in [0.2, 0.25) is 5.91 Å². The molecule has 0 bridgehead atoms. The minimum atomic E-state index is -0.405. The second kappa shape index (κ2) is 8.33. The number of carbonyl (C=O) groups excluding carboxylic acids is 1. The molecule has 1 heterocycles. The first kappa shape index (κ1) is 17.0. The number of hydrogen-bond donors (Lipinski definition) is 1. The Bertz CT molecular complexity index is 452. The number of piperidine rings is 1. The lowest BCUT2D eigenvalue weighted by Gasteiger charge is -2.35. The number of aliphatic hydroxyl groups is 1. The normalized spacial score (nSPS) is 19.0. The van der Waals surface area contributed by atoms with E-state index in [9.17, 15) is 9.90 Å². The van der Waals surface area contributed by atoms with Gasteiger partial charge in [-0.2, -0.15) is 0 Å². The molecule has 1 N–H and O–H groups in total. The van der Waals surface area contributed by atoms with Crippen LogP contribution in [0.4, 0.5) is 0 Å². The van der Waals surface area contributed by atoms with E-state index in [1.807, 2.05) is 35.2 Å². The molecule has 0 saturated carbocycles. The maximum Gasteiger partial charge on any atom is 0.222 e. The Kier molecular flexibility index (Phi) is 6.44. The monoisotopic (exact) mass is 303 g/mol. The SMILES string of the molecule is CCCC(C)CC(=O)N1CCC(C(O)c2ccccc2)CC1. The molecular weight excluding hydrogens is 274 g/mol. The molecule has 122 valence electrons. The number of likely N-dealkylation sites (tertiary alicyclic amines) is 1. The van der Waals surface area contributed by atoms with E-state index < -0.39 is 6.10 Å². The predicted octanol–water partition coefficient (Wildman–Crippen LogP) is 3.78. The van der Waals surface area contributed by atoms with E-state index in [1.54, 1.807) is 0 Å². The number of aliphatic hydroxyl groups excluding tert-OH is 1. The summed E-state index contributed by atoms with van der Waals surface area (Å²) in [6.07, 6.45) is 4.31. The number of nitrogens with zero attached hydrogens (tertiary/aromatic N) is 1. The Labute approximate surface area is 134 Å². The zero-order valence-corrected chi connectivity index (χ0v) is 13.9. The standard InChI is InChI=1S/C19H29NO2/c1-3-7-15(2)14-18(21)20-12-10-17(11-13-20)19(22)16-8-5-4-6-9-16/h4-6,8-9,15,17,19,22H,3,7,10-14H2,1-2H3. The average molecular weight is 303 g/mol. The van der Waals surface area contributed by atoms with E-state index >= 15 is 0 Å². The summed E-state index contributed by atoms with van der Waals surface area (Å²) in [5.41, 5.74) is 0.990. The molecule has 2 atom stereocenters. The van der Waals surface area contributed by atoms with Crippen molar-refractivity contribution < 1.29 is 9.90 Å². The first-order chi connectivity index (χ1) is 10.6. The summed E-state index contributed by atoms with van der Waals surface area (Å²) in [6.45, 7) is 5.89. The predicted molar refractivity (Wildman–Crippen MR) is 89.4 cm³/mol. The Morgan fingerprint density at radius 2 is 1.91 bits per heavy atom. The molecule has 0 aromatic heterocycles. The van der Waals surface area contributed by atoms with E-state index in [4.69, 9.17) is 0 Å². The summed E-state index contributed by atoms with van der Waals surface area (Å²) in [5, 5.41) is 10.5. The zero-order valence-electron chi connectivity index (χ0n) is 13.9. The fraction of sp³-hybridized carbons (Fsp3) is 0.632. The van der Waals surface area contributed by atoms with E-state index in [0.717, 1.165) is 44.3 Å². The molecule has 1 fully saturated rings. The average Bonchev–Trinajstić information content (AvgIpc) is 2.55. The maximum atomic E-state index is 12.3. The third kappa shape index (κ3) is 4.57. The van der Waals surface area contributed by atoms with Crippen molar-refractivity contribution >= 4 is 5.91 Å². The van der Waals surface area contributed by atoms with Crippen LogP contribution in [-0.2, 0) is 4.79 Å². The highest BCUT2D eigenvalue weighted by Crippen LogP contribution is 2.31. The first-order valence-corrected chi connectivity index (χ1v) is 8.62. The second-order valence-corrected chi connectivity index (χ2v) is 6.67. The first-order valence-electron chi connectivity index (χ1n) is 8.62. The molecule has 2 rings (SSSR count). The third-order valence-corrected chi connectivity index (χ3v) is 4.78. The smallest absolute Gasteiger partial charge is 0.222 e. The molecule has 0 aliphatic carbocycles. The molecule has 1 aliphatic heterocycles. The molecule has 1 aliphatic rings. The fourth-order valence-corrected chi connectivity index (χ4v) is 3.41. The number of carbonyl (C=O) groups is 1.